The third-order valence-electron chi connectivity index (χ3n) is 20.4. The highest BCUT2D eigenvalue weighted by molar-refractivity contribution is 7.08. The molecule has 100 heavy (non-hydrogen) atoms. The van der Waals surface area contributed by atoms with Crippen molar-refractivity contribution >= 4 is 99.1 Å². The number of rotatable bonds is 18. The fourth-order valence-corrected chi connectivity index (χ4v) is 15.3. The fraction of sp³-hybridized carbons (Fsp3) is 0.431. The number of halogens is 1. The second-order valence-electron chi connectivity index (χ2n) is 26.3. The molecule has 6 amide bonds. The molecule has 0 radical (unpaired) electrons. The topological polar surface area (TPSA) is 374 Å². The van der Waals surface area contributed by atoms with Gasteiger partial charge >= 0.3 is 17.9 Å². The normalized spacial score (nSPS) is 18.5. The summed E-state index contributed by atoms with van der Waals surface area (Å²) >= 11 is 1.41. The van der Waals surface area contributed by atoms with E-state index in [0.717, 1.165) is 89.8 Å². The lowest BCUT2D eigenvalue weighted by molar-refractivity contribution is -0.133. The molecular weight excluding hydrogens is 1300 g/mol. The molecule has 3 aromatic heterocycles. The van der Waals surface area contributed by atoms with Gasteiger partial charge in [0.1, 0.15) is 45.2 Å². The Morgan fingerprint density at radius 1 is 0.440 bits per heavy atom. The summed E-state index contributed by atoms with van der Waals surface area (Å²) in [5.41, 5.74) is 18.9. The van der Waals surface area contributed by atoms with E-state index in [1.165, 1.54) is 79.0 Å². The molecule has 9 heterocycles. The van der Waals surface area contributed by atoms with Crippen molar-refractivity contribution in [3.63, 3.8) is 0 Å². The molecule has 0 atom stereocenters. The summed E-state index contributed by atoms with van der Waals surface area (Å²) in [6, 6.07) is 22.1. The third-order valence-corrected chi connectivity index (χ3v) is 21.1. The molecule has 6 aromatic rings. The van der Waals surface area contributed by atoms with E-state index in [9.17, 15) is 62.9 Å². The maximum atomic E-state index is 13.9. The van der Waals surface area contributed by atoms with Crippen LogP contribution in [-0.4, -0.2) is 188 Å². The Labute approximate surface area is 583 Å². The van der Waals surface area contributed by atoms with E-state index in [2.05, 4.69) is 40.6 Å². The van der Waals surface area contributed by atoms with Crippen molar-refractivity contribution in [2.24, 2.45) is 17.2 Å². The molecule has 6 aliphatic rings. The highest BCUT2D eigenvalue weighted by atomic mass is 32.1. The predicted molar refractivity (Wildman–Crippen MR) is 378 cm³/mol. The number of aromatic nitrogens is 2. The van der Waals surface area contributed by atoms with Crippen LogP contribution in [0.4, 0.5) is 38.8 Å². The molecule has 28 heteroatoms. The number of hydrogen-bond donors (Lipinski definition) is 9. The predicted octanol–water partition coefficient (Wildman–Crippen LogP) is 8.14. The van der Waals surface area contributed by atoms with Crippen LogP contribution in [0.15, 0.2) is 108 Å². The number of pyridine rings is 2. The number of nitrogens with zero attached hydrogens (tertiary/aromatic N) is 8. The molecule has 6 aliphatic heterocycles. The third kappa shape index (κ3) is 16.5. The van der Waals surface area contributed by atoms with Crippen LogP contribution in [0.3, 0.4) is 0 Å². The maximum Gasteiger partial charge on any atom is 0.339 e. The first kappa shape index (κ1) is 72.8. The van der Waals surface area contributed by atoms with E-state index in [4.69, 9.17) is 17.2 Å². The number of amides is 6. The average molecular weight is 1390 g/mol. The van der Waals surface area contributed by atoms with Crippen LogP contribution in [0.1, 0.15) is 164 Å². The first-order valence-electron chi connectivity index (χ1n) is 34.0. The molecule has 0 saturated carbocycles. The number of primary amides is 3. The summed E-state index contributed by atoms with van der Waals surface area (Å²) in [6.07, 6.45) is 15.7. The molecular formula is C72H87FN14O12S. The lowest BCUT2D eigenvalue weighted by Crippen LogP contribution is -2.63. The minimum absolute atomic E-state index is 0.0117. The second-order valence-corrected chi connectivity index (χ2v) is 27.1. The monoisotopic (exact) mass is 1390 g/mol. The van der Waals surface area contributed by atoms with Gasteiger partial charge in [-0.1, -0.05) is 49.1 Å². The first-order valence-corrected chi connectivity index (χ1v) is 35.0. The number of anilines is 6. The van der Waals surface area contributed by atoms with Gasteiger partial charge in [0.05, 0.1) is 46.1 Å². The number of likely N-dealkylation sites (tertiary alicyclic amines) is 3. The number of aromatic carboxylic acids is 3. The molecule has 6 fully saturated rings. The Hall–Kier alpha value is -9.90. The van der Waals surface area contributed by atoms with E-state index >= 15 is 0 Å². The Balaban J connectivity index is 0.000000162. The van der Waals surface area contributed by atoms with Gasteiger partial charge < -0.3 is 63.2 Å². The van der Waals surface area contributed by atoms with Crippen LogP contribution in [0.5, 0.6) is 0 Å². The Morgan fingerprint density at radius 3 is 1.23 bits per heavy atom. The summed E-state index contributed by atoms with van der Waals surface area (Å²) in [7, 11) is 0. The van der Waals surface area contributed by atoms with Crippen LogP contribution < -0.4 is 47.9 Å². The van der Waals surface area contributed by atoms with Crippen LogP contribution in [-0.2, 0) is 14.4 Å². The number of carboxylic acids is 3. The molecule has 0 bridgehead atoms. The first-order chi connectivity index (χ1) is 48.0. The summed E-state index contributed by atoms with van der Waals surface area (Å²) in [6.45, 7) is 9.96. The van der Waals surface area contributed by atoms with E-state index in [1.807, 2.05) is 33.8 Å². The molecule has 0 aliphatic carbocycles. The molecule has 0 spiro atoms. The minimum Gasteiger partial charge on any atom is -0.478 e. The smallest absolute Gasteiger partial charge is 0.339 e. The van der Waals surface area contributed by atoms with Crippen LogP contribution in [0.2, 0.25) is 0 Å². The Morgan fingerprint density at radius 2 is 0.830 bits per heavy atom. The number of aryl methyl sites for hydroxylation is 1. The SMILES string of the molecule is Cc1ccc(C(=O)Nc2ccc(N3CCC(C(N)=O)(N4CCCCC4)CC3)c(C(=O)O)c2)cc1.NC(=O)C1(N2CCCCC2)CCN(c2ncc(NC(=O)c3ccccc3F)cc2C(=O)O)CC1.NC(=O)C1(N2CCCCC2)CCN(c2ncc(NC(=O)c3ccsc3)cc2C(=O)O)CC1. The van der Waals surface area contributed by atoms with E-state index in [1.54, 1.807) is 41.1 Å². The summed E-state index contributed by atoms with van der Waals surface area (Å²) in [5.74, 6) is -5.73. The van der Waals surface area contributed by atoms with Gasteiger partial charge in [-0.15, -0.1) is 0 Å². The average Bonchev–Trinajstić information content (AvgIpc) is 0.816. The zero-order valence-corrected chi connectivity index (χ0v) is 56.9. The van der Waals surface area contributed by atoms with Gasteiger partial charge in [-0.3, -0.25) is 43.5 Å². The lowest BCUT2D eigenvalue weighted by atomic mass is 9.83. The number of nitrogens with one attached hydrogen (secondary N) is 3. The van der Waals surface area contributed by atoms with Gasteiger partial charge in [-0.05, 0) is 189 Å². The zero-order valence-electron chi connectivity index (χ0n) is 56.1. The minimum atomic E-state index is -1.20. The quantitative estimate of drug-likeness (QED) is 0.0392. The molecule has 6 saturated heterocycles. The molecule has 3 aromatic carbocycles. The van der Waals surface area contributed by atoms with Gasteiger partial charge in [-0.2, -0.15) is 11.3 Å². The lowest BCUT2D eigenvalue weighted by Gasteiger charge is -2.48. The van der Waals surface area contributed by atoms with Crippen molar-refractivity contribution < 1.29 is 62.9 Å². The number of carboxylic acid groups (broad SMARTS) is 3. The van der Waals surface area contributed by atoms with E-state index in [-0.39, 0.29) is 63.3 Å². The number of benzene rings is 3. The van der Waals surface area contributed by atoms with Crippen molar-refractivity contribution in [1.29, 1.82) is 0 Å². The van der Waals surface area contributed by atoms with Crippen molar-refractivity contribution in [2.75, 3.05) is 109 Å². The van der Waals surface area contributed by atoms with Gasteiger partial charge in [0.2, 0.25) is 17.7 Å². The second kappa shape index (κ2) is 32.4. The number of hydrogen-bond acceptors (Lipinski definition) is 18. The molecule has 12 N–H and O–H groups in total. The summed E-state index contributed by atoms with van der Waals surface area (Å²) in [5, 5.41) is 40.9. The fourth-order valence-electron chi connectivity index (χ4n) is 14.7. The largest absolute Gasteiger partial charge is 0.478 e. The van der Waals surface area contributed by atoms with Crippen LogP contribution >= 0.6 is 11.3 Å². The van der Waals surface area contributed by atoms with Gasteiger partial charge in [-0.25, -0.2) is 28.7 Å². The van der Waals surface area contributed by atoms with Crippen molar-refractivity contribution in [1.82, 2.24) is 24.7 Å². The number of carbonyl (C=O) groups excluding carboxylic acids is 6. The van der Waals surface area contributed by atoms with Crippen molar-refractivity contribution in [3.05, 3.63) is 153 Å². The standard InChI is InChI=1S/C26H32N4O4.C24H28FN5O4.C22H27N5O4S/c1-18-5-7-19(8-6-18)23(31)28-20-9-10-22(21(17-20)24(32)33)29-15-11-26(12-16-29,25(27)34)30-13-3-2-4-14-30;25-19-7-3-2-6-17(19)21(31)28-16-14-18(22(32)33)20(27-15-16)29-12-8-24(9-13-29,23(26)34)30-10-4-1-5-11-30;23-21(31)22(27-7-2-1-3-8-27)5-9-26(10-6-22)18-17(20(29)30)12-16(13-24-18)25-19(28)15-4-11-32-14-15/h5-10,17H,2-4,11-16H2,1H3,(H2,27,34)(H,28,31)(H,32,33);2-3,6-7,14-15H,1,4-5,8-13H2,(H2,26,34)(H,28,31)(H,32,33);4,11-14H,1-3,5-10H2,(H2,23,31)(H,25,28)(H,29,30). The van der Waals surface area contributed by atoms with Crippen LogP contribution in [0.25, 0.3) is 0 Å². The van der Waals surface area contributed by atoms with Crippen molar-refractivity contribution in [3.8, 4) is 0 Å². The van der Waals surface area contributed by atoms with Gasteiger partial charge in [0.15, 0.2) is 0 Å². The molecule has 0 unspecified atom stereocenters. The summed E-state index contributed by atoms with van der Waals surface area (Å²) < 4.78 is 13.9. The number of nitrogens with two attached hydrogens (primary N) is 3. The summed E-state index contributed by atoms with van der Waals surface area (Å²) in [4.78, 5) is 132. The van der Waals surface area contributed by atoms with Gasteiger partial charge in [0, 0.05) is 55.9 Å². The highest BCUT2D eigenvalue weighted by Crippen LogP contribution is 2.39. The number of piperidine rings is 6. The Bertz CT molecular complexity index is 3970. The molecule has 530 valence electrons. The zero-order chi connectivity index (χ0) is 71.3. The van der Waals surface area contributed by atoms with E-state index in [0.29, 0.717) is 112 Å². The Kier molecular flexibility index (Phi) is 23.6. The van der Waals surface area contributed by atoms with Crippen molar-refractivity contribution in [2.45, 2.75) is 120 Å². The highest BCUT2D eigenvalue weighted by Gasteiger charge is 2.48. The van der Waals surface area contributed by atoms with E-state index < -0.39 is 46.2 Å². The maximum absolute atomic E-state index is 13.9. The number of carbonyl (C=O) groups is 9. The molecule has 26 nitrogen and oxygen atoms in total. The number of thiophene rings is 1. The van der Waals surface area contributed by atoms with Gasteiger partial charge in [0.25, 0.3) is 17.7 Å². The van der Waals surface area contributed by atoms with Crippen LogP contribution in [0, 0.1) is 12.7 Å². The molecule has 12 rings (SSSR count).